The van der Waals surface area contributed by atoms with Crippen LogP contribution in [0.1, 0.15) is 47.8 Å². The molecule has 3 nitrogen and oxygen atoms in total. The molecule has 0 saturated carbocycles. The molecular formula is C22H24N2O. The average molecular weight is 332 g/mol. The molecule has 25 heavy (non-hydrogen) atoms. The largest absolute Gasteiger partial charge is 0.384 e. The Labute approximate surface area is 149 Å². The number of hydrogen-bond acceptors (Lipinski definition) is 2. The van der Waals surface area contributed by atoms with E-state index in [2.05, 4.69) is 46.6 Å². The van der Waals surface area contributed by atoms with Crippen molar-refractivity contribution in [2.75, 3.05) is 18.4 Å². The molecule has 2 heterocycles. The lowest BCUT2D eigenvalue weighted by atomic mass is 9.74. The fourth-order valence-electron chi connectivity index (χ4n) is 5.18. The van der Waals surface area contributed by atoms with Gasteiger partial charge in [0.1, 0.15) is 0 Å². The molecule has 0 aromatic heterocycles. The molecular weight excluding hydrogens is 308 g/mol. The molecule has 2 aromatic rings. The van der Waals surface area contributed by atoms with E-state index in [0.717, 1.165) is 38.0 Å². The first kappa shape index (κ1) is 15.0. The fourth-order valence-corrected chi connectivity index (χ4v) is 5.18. The molecule has 3 aliphatic rings. The van der Waals surface area contributed by atoms with Crippen molar-refractivity contribution in [3.05, 3.63) is 65.2 Å². The molecule has 1 saturated heterocycles. The van der Waals surface area contributed by atoms with Crippen molar-refractivity contribution in [3.8, 4) is 0 Å². The summed E-state index contributed by atoms with van der Waals surface area (Å²) in [6.07, 6.45) is 4.53. The zero-order valence-corrected chi connectivity index (χ0v) is 14.4. The maximum absolute atomic E-state index is 13.4. The number of para-hydroxylation sites is 1. The SMILES string of the molecule is O=C(C1CNc2ccccc21)N1CCCC2c3ccccc3CCC21. The number of nitrogens with one attached hydrogen (secondary N) is 1. The second kappa shape index (κ2) is 5.91. The van der Waals surface area contributed by atoms with Crippen molar-refractivity contribution in [2.24, 2.45) is 0 Å². The normalized spacial score (nSPS) is 27.0. The number of likely N-dealkylation sites (tertiary alicyclic amines) is 1. The van der Waals surface area contributed by atoms with Gasteiger partial charge in [0.25, 0.3) is 0 Å². The molecule has 128 valence electrons. The molecule has 0 radical (unpaired) electrons. The monoisotopic (exact) mass is 332 g/mol. The van der Waals surface area contributed by atoms with Crippen molar-refractivity contribution in [1.82, 2.24) is 4.90 Å². The minimum atomic E-state index is -0.0212. The number of benzene rings is 2. The molecule has 1 amide bonds. The molecule has 3 heteroatoms. The number of carbonyl (C=O) groups excluding carboxylic acids is 1. The molecule has 1 fully saturated rings. The maximum atomic E-state index is 13.4. The Kier molecular flexibility index (Phi) is 3.54. The summed E-state index contributed by atoms with van der Waals surface area (Å²) in [5.74, 6) is 0.825. The Hall–Kier alpha value is -2.29. The molecule has 1 aliphatic carbocycles. The zero-order valence-electron chi connectivity index (χ0n) is 14.4. The minimum Gasteiger partial charge on any atom is -0.384 e. The summed E-state index contributed by atoms with van der Waals surface area (Å²) in [7, 11) is 0. The van der Waals surface area contributed by atoms with Gasteiger partial charge in [0, 0.05) is 30.7 Å². The highest BCUT2D eigenvalue weighted by molar-refractivity contribution is 5.88. The van der Waals surface area contributed by atoms with Crippen LogP contribution in [0.5, 0.6) is 0 Å². The van der Waals surface area contributed by atoms with Crippen LogP contribution in [0.2, 0.25) is 0 Å². The summed E-state index contributed by atoms with van der Waals surface area (Å²) < 4.78 is 0. The number of nitrogens with zero attached hydrogens (tertiary/aromatic N) is 1. The third kappa shape index (κ3) is 2.37. The summed E-state index contributed by atoms with van der Waals surface area (Å²) in [5, 5.41) is 3.41. The van der Waals surface area contributed by atoms with E-state index in [9.17, 15) is 4.79 Å². The molecule has 2 aliphatic heterocycles. The summed E-state index contributed by atoms with van der Waals surface area (Å²) >= 11 is 0. The second-order valence-corrected chi connectivity index (χ2v) is 7.61. The van der Waals surface area contributed by atoms with Crippen LogP contribution in [0, 0.1) is 0 Å². The van der Waals surface area contributed by atoms with Crippen LogP contribution in [0.4, 0.5) is 5.69 Å². The van der Waals surface area contributed by atoms with Gasteiger partial charge in [-0.05, 0) is 48.4 Å². The van der Waals surface area contributed by atoms with Gasteiger partial charge in [-0.15, -0.1) is 0 Å². The smallest absolute Gasteiger partial charge is 0.232 e. The van der Waals surface area contributed by atoms with Crippen LogP contribution in [-0.4, -0.2) is 29.9 Å². The lowest BCUT2D eigenvalue weighted by Gasteiger charge is -2.45. The first-order valence-electron chi connectivity index (χ1n) is 9.54. The topological polar surface area (TPSA) is 32.3 Å². The van der Waals surface area contributed by atoms with Crippen molar-refractivity contribution in [3.63, 3.8) is 0 Å². The summed E-state index contributed by atoms with van der Waals surface area (Å²) in [4.78, 5) is 15.6. The Morgan fingerprint density at radius 1 is 1.00 bits per heavy atom. The number of hydrogen-bond donors (Lipinski definition) is 1. The lowest BCUT2D eigenvalue weighted by molar-refractivity contribution is -0.137. The van der Waals surface area contributed by atoms with Gasteiger partial charge in [0.15, 0.2) is 0 Å². The predicted molar refractivity (Wildman–Crippen MR) is 99.9 cm³/mol. The molecule has 5 rings (SSSR count). The molecule has 0 bridgehead atoms. The summed E-state index contributed by atoms with van der Waals surface area (Å²) in [6, 6.07) is 17.5. The Balaban J connectivity index is 1.44. The molecule has 1 N–H and O–H groups in total. The van der Waals surface area contributed by atoms with Crippen LogP contribution in [0.15, 0.2) is 48.5 Å². The van der Waals surface area contributed by atoms with Gasteiger partial charge in [-0.3, -0.25) is 4.79 Å². The van der Waals surface area contributed by atoms with E-state index >= 15 is 0 Å². The first-order valence-corrected chi connectivity index (χ1v) is 9.54. The van der Waals surface area contributed by atoms with Gasteiger partial charge in [-0.1, -0.05) is 42.5 Å². The molecule has 0 spiro atoms. The van der Waals surface area contributed by atoms with Crippen LogP contribution in [-0.2, 0) is 11.2 Å². The quantitative estimate of drug-likeness (QED) is 0.858. The maximum Gasteiger partial charge on any atom is 0.232 e. The van der Waals surface area contributed by atoms with E-state index in [-0.39, 0.29) is 5.92 Å². The van der Waals surface area contributed by atoms with Gasteiger partial charge < -0.3 is 10.2 Å². The third-order valence-corrected chi connectivity index (χ3v) is 6.36. The highest BCUT2D eigenvalue weighted by atomic mass is 16.2. The van der Waals surface area contributed by atoms with Crippen LogP contribution < -0.4 is 5.32 Å². The summed E-state index contributed by atoms with van der Waals surface area (Å²) in [6.45, 7) is 1.66. The number of amides is 1. The number of carbonyl (C=O) groups is 1. The minimum absolute atomic E-state index is 0.0212. The van der Waals surface area contributed by atoms with Gasteiger partial charge in [0.2, 0.25) is 5.91 Å². The highest BCUT2D eigenvalue weighted by Gasteiger charge is 2.41. The van der Waals surface area contributed by atoms with Gasteiger partial charge in [0.05, 0.1) is 5.92 Å². The van der Waals surface area contributed by atoms with E-state index in [0.29, 0.717) is 17.9 Å². The number of anilines is 1. The van der Waals surface area contributed by atoms with Gasteiger partial charge >= 0.3 is 0 Å². The van der Waals surface area contributed by atoms with Crippen LogP contribution in [0.25, 0.3) is 0 Å². The Bertz CT molecular complexity index is 815. The van der Waals surface area contributed by atoms with E-state index in [1.165, 1.54) is 23.1 Å². The number of rotatable bonds is 1. The Morgan fingerprint density at radius 2 is 1.80 bits per heavy atom. The van der Waals surface area contributed by atoms with Crippen molar-refractivity contribution >= 4 is 11.6 Å². The number of piperidine rings is 1. The predicted octanol–water partition coefficient (Wildman–Crippen LogP) is 3.92. The van der Waals surface area contributed by atoms with Crippen molar-refractivity contribution in [1.29, 1.82) is 0 Å². The van der Waals surface area contributed by atoms with Crippen LogP contribution >= 0.6 is 0 Å². The molecule has 3 atom stereocenters. The first-order chi connectivity index (χ1) is 12.3. The van der Waals surface area contributed by atoms with Crippen molar-refractivity contribution < 1.29 is 4.79 Å². The fraction of sp³-hybridized carbons (Fsp3) is 0.409. The van der Waals surface area contributed by atoms with Crippen LogP contribution in [0.3, 0.4) is 0 Å². The molecule has 2 aromatic carbocycles. The second-order valence-electron chi connectivity index (χ2n) is 7.61. The molecule has 3 unspecified atom stereocenters. The van der Waals surface area contributed by atoms with Crippen molar-refractivity contribution in [2.45, 2.75) is 43.6 Å². The number of fused-ring (bicyclic) bond motifs is 4. The lowest BCUT2D eigenvalue weighted by Crippen LogP contribution is -2.51. The number of aryl methyl sites for hydroxylation is 1. The van der Waals surface area contributed by atoms with E-state index in [1.54, 1.807) is 0 Å². The average Bonchev–Trinajstić information content (AvgIpc) is 3.11. The van der Waals surface area contributed by atoms with Gasteiger partial charge in [-0.25, -0.2) is 0 Å². The van der Waals surface area contributed by atoms with E-state index in [4.69, 9.17) is 0 Å². The zero-order chi connectivity index (χ0) is 16.8. The van der Waals surface area contributed by atoms with E-state index in [1.807, 2.05) is 12.1 Å². The van der Waals surface area contributed by atoms with Gasteiger partial charge in [-0.2, -0.15) is 0 Å². The summed E-state index contributed by atoms with van der Waals surface area (Å²) in [5.41, 5.74) is 5.28. The highest BCUT2D eigenvalue weighted by Crippen LogP contribution is 2.42. The Morgan fingerprint density at radius 3 is 2.72 bits per heavy atom. The van der Waals surface area contributed by atoms with E-state index < -0.39 is 0 Å². The third-order valence-electron chi connectivity index (χ3n) is 6.36. The standard InChI is InChI=1S/C22H24N2O/c25-22(19-14-23-20-10-4-3-8-17(19)20)24-13-5-9-18-16-7-2-1-6-15(16)11-12-21(18)24/h1-4,6-8,10,18-19,21,23H,5,9,11-14H2.